The molecule has 0 heterocycles. The zero-order chi connectivity index (χ0) is 18.1. The van der Waals surface area contributed by atoms with E-state index in [-0.39, 0.29) is 5.57 Å². The molecule has 25 heavy (non-hydrogen) atoms. The third-order valence-electron chi connectivity index (χ3n) is 3.69. The highest BCUT2D eigenvalue weighted by Gasteiger charge is 2.11. The molecule has 0 amide bonds. The summed E-state index contributed by atoms with van der Waals surface area (Å²) in [5.74, 6) is 0. The second-order valence-corrected chi connectivity index (χ2v) is 6.23. The molecule has 2 aromatic carbocycles. The molecule has 4 heteroatoms. The maximum absolute atomic E-state index is 9.34. The molecule has 0 fully saturated rings. The van der Waals surface area contributed by atoms with Gasteiger partial charge in [0.05, 0.1) is 5.03 Å². The summed E-state index contributed by atoms with van der Waals surface area (Å²) in [4.78, 5) is 2.12. The monoisotopic (exact) mass is 345 g/mol. The van der Waals surface area contributed by atoms with Gasteiger partial charge in [0.2, 0.25) is 0 Å². The second kappa shape index (κ2) is 9.37. The maximum atomic E-state index is 9.34. The minimum Gasteiger partial charge on any atom is -0.365 e. The van der Waals surface area contributed by atoms with Crippen LogP contribution >= 0.6 is 11.8 Å². The minimum atomic E-state index is 0.117. The van der Waals surface area contributed by atoms with Gasteiger partial charge < -0.3 is 4.90 Å². The average molecular weight is 345 g/mol. The van der Waals surface area contributed by atoms with E-state index in [2.05, 4.69) is 17.0 Å². The molecule has 124 valence electrons. The summed E-state index contributed by atoms with van der Waals surface area (Å²) < 4.78 is 0. The van der Waals surface area contributed by atoms with Gasteiger partial charge in [0.25, 0.3) is 0 Å². The lowest BCUT2D eigenvalue weighted by atomic mass is 10.0. The summed E-state index contributed by atoms with van der Waals surface area (Å²) in [5.41, 5.74) is 2.83. The Kier molecular flexibility index (Phi) is 6.89. The Morgan fingerprint density at radius 3 is 2.08 bits per heavy atom. The minimum absolute atomic E-state index is 0.117. The van der Waals surface area contributed by atoms with Gasteiger partial charge in [0.1, 0.15) is 17.7 Å². The van der Waals surface area contributed by atoms with Gasteiger partial charge in [-0.25, -0.2) is 0 Å². The summed E-state index contributed by atoms with van der Waals surface area (Å²) in [7, 11) is 2.01. The highest BCUT2D eigenvalue weighted by Crippen LogP contribution is 2.27. The molecule has 0 unspecified atom stereocenters. The van der Waals surface area contributed by atoms with Gasteiger partial charge in [-0.05, 0) is 23.5 Å². The third kappa shape index (κ3) is 5.01. The molecule has 2 rings (SSSR count). The van der Waals surface area contributed by atoms with E-state index in [4.69, 9.17) is 0 Å². The highest BCUT2D eigenvalue weighted by atomic mass is 32.2. The zero-order valence-corrected chi connectivity index (χ0v) is 15.1. The lowest BCUT2D eigenvalue weighted by Crippen LogP contribution is -2.15. The van der Waals surface area contributed by atoms with Crippen molar-refractivity contribution in [3.63, 3.8) is 0 Å². The van der Waals surface area contributed by atoms with Crippen LogP contribution in [0.4, 0.5) is 0 Å². The van der Waals surface area contributed by atoms with Gasteiger partial charge >= 0.3 is 0 Å². The predicted molar refractivity (Wildman–Crippen MR) is 104 cm³/mol. The number of nitriles is 2. The Balaban J connectivity index is 2.41. The van der Waals surface area contributed by atoms with E-state index < -0.39 is 0 Å². The van der Waals surface area contributed by atoms with E-state index in [1.54, 1.807) is 11.8 Å². The van der Waals surface area contributed by atoms with Crippen LogP contribution in [0.2, 0.25) is 0 Å². The molecule has 3 nitrogen and oxygen atoms in total. The van der Waals surface area contributed by atoms with Crippen LogP contribution < -0.4 is 0 Å². The third-order valence-corrected chi connectivity index (χ3v) is 4.54. The molecule has 0 radical (unpaired) electrons. The Morgan fingerprint density at radius 2 is 1.56 bits per heavy atom. The van der Waals surface area contributed by atoms with Crippen molar-refractivity contribution >= 4 is 17.3 Å². The molecule has 0 N–H and O–H groups in total. The average Bonchev–Trinajstić information content (AvgIpc) is 2.66. The van der Waals surface area contributed by atoms with E-state index in [0.717, 1.165) is 17.1 Å². The molecule has 0 aromatic heterocycles. The van der Waals surface area contributed by atoms with Crippen LogP contribution in [0.15, 0.2) is 77.3 Å². The Morgan fingerprint density at radius 1 is 1.00 bits per heavy atom. The van der Waals surface area contributed by atoms with Crippen LogP contribution in [0.1, 0.15) is 11.1 Å². The fourth-order valence-electron chi connectivity index (χ4n) is 2.45. The first kappa shape index (κ1) is 18.4. The lowest BCUT2D eigenvalue weighted by Gasteiger charge is -2.22. The van der Waals surface area contributed by atoms with Crippen molar-refractivity contribution in [2.24, 2.45) is 0 Å². The van der Waals surface area contributed by atoms with Crippen molar-refractivity contribution in [2.75, 3.05) is 13.3 Å². The second-order valence-electron chi connectivity index (χ2n) is 5.41. The van der Waals surface area contributed by atoms with Crippen LogP contribution in [0.5, 0.6) is 0 Å². The smallest absolute Gasteiger partial charge is 0.137 e. The number of nitrogens with zero attached hydrogens (tertiary/aromatic N) is 3. The van der Waals surface area contributed by atoms with Crippen LogP contribution in [-0.4, -0.2) is 18.2 Å². The van der Waals surface area contributed by atoms with Gasteiger partial charge in [0.15, 0.2) is 0 Å². The number of thioether (sulfide) groups is 1. The van der Waals surface area contributed by atoms with E-state index in [0.29, 0.717) is 5.57 Å². The molecule has 0 saturated heterocycles. The number of benzene rings is 2. The number of allylic oxidation sites excluding steroid dienone is 3. The predicted octanol–water partition coefficient (Wildman–Crippen LogP) is 4.82. The van der Waals surface area contributed by atoms with Crippen LogP contribution in [0.3, 0.4) is 0 Å². The fourth-order valence-corrected chi connectivity index (χ4v) is 3.06. The number of hydrogen-bond donors (Lipinski definition) is 0. The number of rotatable bonds is 6. The lowest BCUT2D eigenvalue weighted by molar-refractivity contribution is 0.440. The zero-order valence-electron chi connectivity index (χ0n) is 14.3. The van der Waals surface area contributed by atoms with Crippen molar-refractivity contribution < 1.29 is 0 Å². The highest BCUT2D eigenvalue weighted by molar-refractivity contribution is 8.02. The summed E-state index contributed by atoms with van der Waals surface area (Å²) in [6.07, 6.45) is 3.92. The standard InChI is InChI=1S/C21H19N3S/c1-24(16-17-9-5-3-6-10-17)21(25-2)13-20(19(14-22)15-23)18-11-7-4-8-12-18/h3-13H,16H2,1-2H3/b21-13+. The summed E-state index contributed by atoms with van der Waals surface area (Å²) in [5, 5.41) is 19.7. The van der Waals surface area contributed by atoms with Crippen molar-refractivity contribution in [1.29, 1.82) is 10.5 Å². The Hall–Kier alpha value is -2.95. The molecular weight excluding hydrogens is 326 g/mol. The topological polar surface area (TPSA) is 50.8 Å². The molecule has 0 aliphatic carbocycles. The van der Waals surface area contributed by atoms with Crippen molar-refractivity contribution in [1.82, 2.24) is 4.90 Å². The summed E-state index contributed by atoms with van der Waals surface area (Å²) >= 11 is 1.59. The van der Waals surface area contributed by atoms with Crippen molar-refractivity contribution in [3.8, 4) is 12.1 Å². The van der Waals surface area contributed by atoms with E-state index in [9.17, 15) is 10.5 Å². The van der Waals surface area contributed by atoms with Crippen molar-refractivity contribution in [2.45, 2.75) is 6.54 Å². The quantitative estimate of drug-likeness (QED) is 0.556. The summed E-state index contributed by atoms with van der Waals surface area (Å²) in [6.45, 7) is 0.754. The molecule has 0 bridgehead atoms. The first-order valence-electron chi connectivity index (χ1n) is 7.80. The largest absolute Gasteiger partial charge is 0.365 e. The fraction of sp³-hybridized carbons (Fsp3) is 0.143. The van der Waals surface area contributed by atoms with Gasteiger partial charge in [0, 0.05) is 19.2 Å². The molecular formula is C21H19N3S. The van der Waals surface area contributed by atoms with Gasteiger partial charge in [-0.2, -0.15) is 10.5 Å². The Bertz CT molecular complexity index is 824. The Labute approximate surface area is 153 Å². The van der Waals surface area contributed by atoms with Crippen LogP contribution in [0, 0.1) is 22.7 Å². The normalized spacial score (nSPS) is 10.5. The van der Waals surface area contributed by atoms with Crippen LogP contribution in [0.25, 0.3) is 5.57 Å². The van der Waals surface area contributed by atoms with Gasteiger partial charge in [-0.3, -0.25) is 0 Å². The molecule has 2 aromatic rings. The SMILES string of the molecule is CS/C(=C/C(=C(C#N)C#N)c1ccccc1)N(C)Cc1ccccc1. The number of hydrogen-bond acceptors (Lipinski definition) is 4. The maximum Gasteiger partial charge on any atom is 0.137 e. The summed E-state index contributed by atoms with van der Waals surface area (Å²) in [6, 6.07) is 23.8. The van der Waals surface area contributed by atoms with Crippen LogP contribution in [-0.2, 0) is 6.54 Å². The van der Waals surface area contributed by atoms with E-state index >= 15 is 0 Å². The molecule has 0 atom stereocenters. The first-order valence-corrected chi connectivity index (χ1v) is 9.02. The molecule has 0 saturated carbocycles. The van der Waals surface area contributed by atoms with E-state index in [1.165, 1.54) is 5.56 Å². The van der Waals surface area contributed by atoms with E-state index in [1.807, 2.05) is 80.0 Å². The molecule has 0 aliphatic heterocycles. The molecule has 0 spiro atoms. The van der Waals surface area contributed by atoms with Gasteiger partial charge in [-0.15, -0.1) is 11.8 Å². The first-order chi connectivity index (χ1) is 12.2. The van der Waals surface area contributed by atoms with Crippen molar-refractivity contribution in [3.05, 3.63) is 88.5 Å². The van der Waals surface area contributed by atoms with Gasteiger partial charge in [-0.1, -0.05) is 60.7 Å². The molecule has 0 aliphatic rings.